The highest BCUT2D eigenvalue weighted by Crippen LogP contribution is 2.30. The van der Waals surface area contributed by atoms with Crippen LogP contribution in [-0.4, -0.2) is 4.57 Å². The van der Waals surface area contributed by atoms with Crippen LogP contribution in [0.3, 0.4) is 0 Å². The van der Waals surface area contributed by atoms with Crippen LogP contribution >= 0.6 is 0 Å². The molecule has 0 atom stereocenters. The van der Waals surface area contributed by atoms with Crippen molar-refractivity contribution in [3.05, 3.63) is 202 Å². The maximum atomic E-state index is 2.35. The fourth-order valence-electron chi connectivity index (χ4n) is 7.02. The van der Waals surface area contributed by atoms with Gasteiger partial charge in [0.25, 0.3) is 0 Å². The van der Waals surface area contributed by atoms with Gasteiger partial charge in [-0.1, -0.05) is 224 Å². The van der Waals surface area contributed by atoms with E-state index in [1.165, 1.54) is 82.6 Å². The number of aromatic nitrogens is 1. The van der Waals surface area contributed by atoms with Gasteiger partial charge < -0.3 is 4.57 Å². The molecule has 0 N–H and O–H groups in total. The number of nitrogens with zero attached hydrogens (tertiary/aromatic N) is 1. The van der Waals surface area contributed by atoms with Crippen LogP contribution in [0.4, 0.5) is 0 Å². The zero-order chi connectivity index (χ0) is 44.4. The molecular formula is C59H73N. The summed E-state index contributed by atoms with van der Waals surface area (Å²) >= 11 is 0. The van der Waals surface area contributed by atoms with Crippen LogP contribution in [0.25, 0.3) is 32.6 Å². The molecule has 0 amide bonds. The molecule has 1 heterocycles. The second kappa shape index (κ2) is 20.2. The Morgan fingerprint density at radius 2 is 0.733 bits per heavy atom. The summed E-state index contributed by atoms with van der Waals surface area (Å²) in [6.07, 6.45) is 0. The first-order valence-electron chi connectivity index (χ1n) is 21.7. The molecule has 7 aromatic carbocycles. The summed E-state index contributed by atoms with van der Waals surface area (Å²) in [5.41, 5.74) is 15.8. The molecule has 314 valence electrons. The topological polar surface area (TPSA) is 4.93 Å². The molecule has 0 spiro atoms. The highest BCUT2D eigenvalue weighted by molar-refractivity contribution is 6.07. The van der Waals surface area contributed by atoms with Gasteiger partial charge in [0, 0.05) is 28.9 Å². The van der Waals surface area contributed by atoms with E-state index in [1.54, 1.807) is 0 Å². The third-order valence-corrected chi connectivity index (χ3v) is 11.1. The smallest absolute Gasteiger partial charge is 0.0488 e. The average molecular weight is 796 g/mol. The number of aryl methyl sites for hydroxylation is 7. The zero-order valence-electron chi connectivity index (χ0n) is 39.9. The molecule has 60 heavy (non-hydrogen) atoms. The average Bonchev–Trinajstić information content (AvgIpc) is 3.48. The molecule has 0 bridgehead atoms. The summed E-state index contributed by atoms with van der Waals surface area (Å²) in [5.74, 6) is 0. The molecule has 0 aliphatic heterocycles. The summed E-state index contributed by atoms with van der Waals surface area (Å²) in [6.45, 7) is 33.1. The molecule has 0 aliphatic rings. The van der Waals surface area contributed by atoms with Crippen molar-refractivity contribution in [3.63, 3.8) is 0 Å². The number of benzene rings is 7. The number of hydrogen-bond acceptors (Lipinski definition) is 0. The van der Waals surface area contributed by atoms with Crippen molar-refractivity contribution in [2.45, 2.75) is 120 Å². The van der Waals surface area contributed by atoms with Crippen LogP contribution in [0.15, 0.2) is 152 Å². The van der Waals surface area contributed by atoms with Gasteiger partial charge in [-0.15, -0.1) is 0 Å². The Morgan fingerprint density at radius 1 is 0.317 bits per heavy atom. The third-order valence-electron chi connectivity index (χ3n) is 11.1. The number of rotatable bonds is 0. The summed E-state index contributed by atoms with van der Waals surface area (Å²) in [7, 11) is 2.12. The molecule has 8 rings (SSSR count). The quantitative estimate of drug-likeness (QED) is 0.144. The lowest BCUT2D eigenvalue weighted by Gasteiger charge is -2.25. The highest BCUT2D eigenvalue weighted by atomic mass is 14.9. The molecule has 0 aliphatic carbocycles. The van der Waals surface area contributed by atoms with Crippen LogP contribution in [0.1, 0.15) is 112 Å². The highest BCUT2D eigenvalue weighted by Gasteiger charge is 2.19. The van der Waals surface area contributed by atoms with Crippen molar-refractivity contribution in [2.24, 2.45) is 7.05 Å². The second-order valence-corrected chi connectivity index (χ2v) is 19.7. The number of fused-ring (bicyclic) bond motifs is 4. The maximum absolute atomic E-state index is 2.35. The second-order valence-electron chi connectivity index (χ2n) is 19.7. The minimum absolute atomic E-state index is 0.242. The Hall–Kier alpha value is -5.40. The van der Waals surface area contributed by atoms with Gasteiger partial charge in [-0.2, -0.15) is 0 Å². The molecule has 0 saturated heterocycles. The van der Waals surface area contributed by atoms with Crippen LogP contribution in [-0.2, 0) is 23.3 Å². The monoisotopic (exact) mass is 796 g/mol. The van der Waals surface area contributed by atoms with E-state index >= 15 is 0 Å². The van der Waals surface area contributed by atoms with E-state index in [-0.39, 0.29) is 16.2 Å². The maximum Gasteiger partial charge on any atom is 0.0488 e. The van der Waals surface area contributed by atoms with Gasteiger partial charge in [-0.05, 0) is 109 Å². The van der Waals surface area contributed by atoms with E-state index in [0.29, 0.717) is 0 Å². The zero-order valence-corrected chi connectivity index (χ0v) is 39.9. The van der Waals surface area contributed by atoms with Crippen LogP contribution in [0, 0.1) is 41.5 Å². The van der Waals surface area contributed by atoms with E-state index in [4.69, 9.17) is 0 Å². The molecule has 0 unspecified atom stereocenters. The van der Waals surface area contributed by atoms with Gasteiger partial charge in [0.05, 0.1) is 0 Å². The van der Waals surface area contributed by atoms with E-state index < -0.39 is 0 Å². The fourth-order valence-corrected chi connectivity index (χ4v) is 7.02. The Bertz CT molecular complexity index is 2510. The largest absolute Gasteiger partial charge is 0.344 e. The van der Waals surface area contributed by atoms with Crippen LogP contribution < -0.4 is 0 Å². The molecule has 0 radical (unpaired) electrons. The lowest BCUT2D eigenvalue weighted by Crippen LogP contribution is -2.16. The minimum Gasteiger partial charge on any atom is -0.344 e. The first-order chi connectivity index (χ1) is 28.0. The van der Waals surface area contributed by atoms with Crippen molar-refractivity contribution >= 4 is 32.6 Å². The van der Waals surface area contributed by atoms with Gasteiger partial charge in [-0.25, -0.2) is 0 Å². The van der Waals surface area contributed by atoms with E-state index in [9.17, 15) is 0 Å². The normalized spacial score (nSPS) is 11.3. The van der Waals surface area contributed by atoms with Gasteiger partial charge in [0.15, 0.2) is 0 Å². The number of hydrogen-bond donors (Lipinski definition) is 0. The Balaban J connectivity index is 0.000000167. The van der Waals surface area contributed by atoms with Crippen molar-refractivity contribution in [3.8, 4) is 0 Å². The lowest BCUT2D eigenvalue weighted by atomic mass is 9.80. The predicted molar refractivity (Wildman–Crippen MR) is 268 cm³/mol. The van der Waals surface area contributed by atoms with Crippen molar-refractivity contribution in [1.29, 1.82) is 0 Å². The standard InChI is InChI=1S/C15H24.C13H11N.C11H10.C11H16.C9H12/c1-11-8-12(14(2,3)4)10-13(9-11)15(5,6)7;1-14-12-8-4-2-6-10(12)11-7-3-5-9-13(11)14;1-9-6-7-10-4-2-3-5-11(10)8-9;1-9-5-7-10(8-6-9)11(2,3)4;1-7-4-5-8(2)9(3)6-7/h8-10H,1-7H3;2-9H,1H3;2-8H,1H3;5-8H,1-4H3;4-6H,1-3H3. The van der Waals surface area contributed by atoms with Gasteiger partial charge in [0.1, 0.15) is 0 Å². The SMILES string of the molecule is Cc1cc(C(C)(C)C)cc(C(C)(C)C)c1.Cc1ccc(C(C)(C)C)cc1.Cc1ccc(C)c(C)c1.Cc1ccc2ccccc2c1.Cn1c2ccccc2c2ccccc21. The lowest BCUT2D eigenvalue weighted by molar-refractivity contribution is 0.567. The van der Waals surface area contributed by atoms with Crippen LogP contribution in [0.5, 0.6) is 0 Å². The summed E-state index contributed by atoms with van der Waals surface area (Å²) < 4.78 is 2.24. The Morgan fingerprint density at radius 3 is 1.20 bits per heavy atom. The van der Waals surface area contributed by atoms with E-state index in [0.717, 1.165) is 0 Å². The molecule has 1 nitrogen and oxygen atoms in total. The van der Waals surface area contributed by atoms with Gasteiger partial charge in [-0.3, -0.25) is 0 Å². The predicted octanol–water partition coefficient (Wildman–Crippen LogP) is 17.0. The minimum atomic E-state index is 0.242. The fraction of sp³-hybridized carbons (Fsp3) is 0.322. The van der Waals surface area contributed by atoms with Crippen molar-refractivity contribution < 1.29 is 0 Å². The molecule has 1 heteroatoms. The van der Waals surface area contributed by atoms with E-state index in [2.05, 4.69) is 267 Å². The molecule has 0 fully saturated rings. The summed E-state index contributed by atoms with van der Waals surface area (Å²) in [5, 5.41) is 5.32. The van der Waals surface area contributed by atoms with Crippen molar-refractivity contribution in [2.75, 3.05) is 0 Å². The van der Waals surface area contributed by atoms with Gasteiger partial charge in [0.2, 0.25) is 0 Å². The first-order valence-corrected chi connectivity index (χ1v) is 21.7. The summed E-state index contributed by atoms with van der Waals surface area (Å²) in [6, 6.07) is 54.1. The Labute approximate surface area is 364 Å². The molecular weight excluding hydrogens is 723 g/mol. The van der Waals surface area contributed by atoms with E-state index in [1.807, 2.05) is 0 Å². The van der Waals surface area contributed by atoms with Gasteiger partial charge >= 0.3 is 0 Å². The van der Waals surface area contributed by atoms with Crippen molar-refractivity contribution in [1.82, 2.24) is 4.57 Å². The molecule has 0 saturated carbocycles. The molecule has 8 aromatic rings. The summed E-state index contributed by atoms with van der Waals surface area (Å²) in [4.78, 5) is 0. The Kier molecular flexibility index (Phi) is 15.9. The molecule has 1 aromatic heterocycles. The number of para-hydroxylation sites is 2. The first kappa shape index (κ1) is 47.3. The third kappa shape index (κ3) is 13.6. The van der Waals surface area contributed by atoms with Crippen LogP contribution in [0.2, 0.25) is 0 Å².